The Morgan fingerprint density at radius 2 is 1.85 bits per heavy atom. The van der Waals surface area contributed by atoms with Crippen LogP contribution in [0, 0.1) is 12.7 Å². The Balaban J connectivity index is 1.88. The standard InChI is InChI=1S/C19H23FN2O3S/c1-15-5-3-6-16(13-15)7-4-12-21-19(23)14-22(26(2,24)25)18-10-8-17(20)9-11-18/h3,5-6,8-11,13H,4,7,12,14H2,1-2H3,(H,21,23). The molecule has 1 N–H and O–H groups in total. The van der Waals surface area contributed by atoms with E-state index in [0.717, 1.165) is 35.5 Å². The van der Waals surface area contributed by atoms with Gasteiger partial charge >= 0.3 is 0 Å². The van der Waals surface area contributed by atoms with E-state index in [0.29, 0.717) is 6.54 Å². The van der Waals surface area contributed by atoms with Crippen LogP contribution < -0.4 is 9.62 Å². The van der Waals surface area contributed by atoms with E-state index in [-0.39, 0.29) is 12.2 Å². The lowest BCUT2D eigenvalue weighted by molar-refractivity contribution is -0.119. The zero-order chi connectivity index (χ0) is 19.2. The van der Waals surface area contributed by atoms with Crippen molar-refractivity contribution in [3.05, 3.63) is 65.5 Å². The van der Waals surface area contributed by atoms with Gasteiger partial charge in [-0.05, 0) is 49.6 Å². The Morgan fingerprint density at radius 1 is 1.15 bits per heavy atom. The minimum Gasteiger partial charge on any atom is -0.355 e. The summed E-state index contributed by atoms with van der Waals surface area (Å²) in [5.41, 5.74) is 2.64. The molecule has 0 unspecified atom stereocenters. The first kappa shape index (κ1) is 19.9. The predicted molar refractivity (Wildman–Crippen MR) is 101 cm³/mol. The summed E-state index contributed by atoms with van der Waals surface area (Å²) in [5.74, 6) is -0.869. The number of sulfonamides is 1. The van der Waals surface area contributed by atoms with Gasteiger partial charge in [-0.15, -0.1) is 0 Å². The van der Waals surface area contributed by atoms with E-state index in [9.17, 15) is 17.6 Å². The van der Waals surface area contributed by atoms with E-state index in [1.54, 1.807) is 0 Å². The zero-order valence-electron chi connectivity index (χ0n) is 14.9. The molecule has 26 heavy (non-hydrogen) atoms. The summed E-state index contributed by atoms with van der Waals surface area (Å²) in [5, 5.41) is 2.73. The molecule has 140 valence electrons. The van der Waals surface area contributed by atoms with Gasteiger partial charge in [0.15, 0.2) is 0 Å². The Morgan fingerprint density at radius 3 is 2.46 bits per heavy atom. The maximum atomic E-state index is 13.0. The van der Waals surface area contributed by atoms with Crippen LogP contribution in [0.4, 0.5) is 10.1 Å². The number of carbonyl (C=O) groups is 1. The Labute approximate surface area is 153 Å². The fraction of sp³-hybridized carbons (Fsp3) is 0.316. The van der Waals surface area contributed by atoms with Gasteiger partial charge in [0.2, 0.25) is 15.9 Å². The summed E-state index contributed by atoms with van der Waals surface area (Å²) in [7, 11) is -3.65. The number of nitrogens with one attached hydrogen (secondary N) is 1. The van der Waals surface area contributed by atoms with Gasteiger partial charge in [-0.3, -0.25) is 9.10 Å². The van der Waals surface area contributed by atoms with Crippen molar-refractivity contribution < 1.29 is 17.6 Å². The SMILES string of the molecule is Cc1cccc(CCCNC(=O)CN(c2ccc(F)cc2)S(C)(=O)=O)c1. The van der Waals surface area contributed by atoms with Gasteiger partial charge in [-0.2, -0.15) is 0 Å². The normalized spacial score (nSPS) is 11.2. The molecule has 2 aromatic carbocycles. The van der Waals surface area contributed by atoms with Crippen LogP contribution >= 0.6 is 0 Å². The number of hydrogen-bond acceptors (Lipinski definition) is 3. The number of amides is 1. The van der Waals surface area contributed by atoms with Gasteiger partial charge < -0.3 is 5.32 Å². The Hall–Kier alpha value is -2.41. The molecule has 0 aliphatic carbocycles. The fourth-order valence-electron chi connectivity index (χ4n) is 2.58. The summed E-state index contributed by atoms with van der Waals surface area (Å²) in [6.07, 6.45) is 2.60. The van der Waals surface area contributed by atoms with E-state index >= 15 is 0 Å². The van der Waals surface area contributed by atoms with Crippen LogP contribution in [-0.4, -0.2) is 33.7 Å². The monoisotopic (exact) mass is 378 g/mol. The van der Waals surface area contributed by atoms with Crippen molar-refractivity contribution in [1.82, 2.24) is 5.32 Å². The topological polar surface area (TPSA) is 66.5 Å². The molecule has 0 saturated heterocycles. The first-order valence-electron chi connectivity index (χ1n) is 8.31. The van der Waals surface area contributed by atoms with Crippen molar-refractivity contribution >= 4 is 21.6 Å². The number of rotatable bonds is 8. The predicted octanol–water partition coefficient (Wildman–Crippen LogP) is 2.65. The molecule has 0 saturated carbocycles. The smallest absolute Gasteiger partial charge is 0.240 e. The zero-order valence-corrected chi connectivity index (χ0v) is 15.7. The lowest BCUT2D eigenvalue weighted by Gasteiger charge is -2.21. The first-order valence-corrected chi connectivity index (χ1v) is 10.2. The summed E-state index contributed by atoms with van der Waals surface area (Å²) >= 11 is 0. The quantitative estimate of drug-likeness (QED) is 0.718. The van der Waals surface area contributed by atoms with Crippen molar-refractivity contribution in [2.24, 2.45) is 0 Å². The minimum absolute atomic E-state index is 0.254. The molecule has 0 spiro atoms. The average molecular weight is 378 g/mol. The minimum atomic E-state index is -3.65. The van der Waals surface area contributed by atoms with Crippen molar-refractivity contribution in [1.29, 1.82) is 0 Å². The molecule has 0 aromatic heterocycles. The van der Waals surface area contributed by atoms with Crippen LogP contribution in [-0.2, 0) is 21.2 Å². The van der Waals surface area contributed by atoms with Gasteiger partial charge in [-0.25, -0.2) is 12.8 Å². The first-order chi connectivity index (χ1) is 12.3. The number of anilines is 1. The molecular formula is C19H23FN2O3S. The summed E-state index contributed by atoms with van der Waals surface area (Å²) < 4.78 is 37.9. The second-order valence-electron chi connectivity index (χ2n) is 6.19. The van der Waals surface area contributed by atoms with E-state index < -0.39 is 21.7 Å². The van der Waals surface area contributed by atoms with Crippen LogP contribution in [0.25, 0.3) is 0 Å². The van der Waals surface area contributed by atoms with Crippen LogP contribution in [0.3, 0.4) is 0 Å². The molecule has 0 radical (unpaired) electrons. The maximum Gasteiger partial charge on any atom is 0.240 e. The number of hydrogen-bond donors (Lipinski definition) is 1. The third kappa shape index (κ3) is 6.15. The number of carbonyl (C=O) groups excluding carboxylic acids is 1. The van der Waals surface area contributed by atoms with E-state index in [2.05, 4.69) is 11.4 Å². The summed E-state index contributed by atoms with van der Waals surface area (Å²) in [6, 6.07) is 13.1. The second-order valence-corrected chi connectivity index (χ2v) is 8.10. The largest absolute Gasteiger partial charge is 0.355 e. The summed E-state index contributed by atoms with van der Waals surface area (Å²) in [6.45, 7) is 2.14. The maximum absolute atomic E-state index is 13.0. The number of halogens is 1. The molecule has 0 atom stereocenters. The molecule has 0 aliphatic rings. The number of nitrogens with zero attached hydrogens (tertiary/aromatic N) is 1. The average Bonchev–Trinajstić information content (AvgIpc) is 2.57. The highest BCUT2D eigenvalue weighted by Crippen LogP contribution is 2.17. The molecule has 7 heteroatoms. The van der Waals surface area contributed by atoms with Gasteiger partial charge in [-0.1, -0.05) is 29.8 Å². The third-order valence-electron chi connectivity index (χ3n) is 3.85. The van der Waals surface area contributed by atoms with Crippen molar-refractivity contribution in [3.63, 3.8) is 0 Å². The van der Waals surface area contributed by atoms with Gasteiger partial charge in [0, 0.05) is 6.54 Å². The molecule has 0 heterocycles. The van der Waals surface area contributed by atoms with Crippen LogP contribution in [0.15, 0.2) is 48.5 Å². The van der Waals surface area contributed by atoms with E-state index in [4.69, 9.17) is 0 Å². The molecule has 5 nitrogen and oxygen atoms in total. The molecule has 0 aliphatic heterocycles. The van der Waals surface area contributed by atoms with Crippen molar-refractivity contribution in [2.45, 2.75) is 19.8 Å². The molecular weight excluding hydrogens is 355 g/mol. The van der Waals surface area contributed by atoms with Crippen molar-refractivity contribution in [2.75, 3.05) is 23.7 Å². The highest BCUT2D eigenvalue weighted by Gasteiger charge is 2.20. The van der Waals surface area contributed by atoms with Gasteiger partial charge in [0.05, 0.1) is 11.9 Å². The number of benzene rings is 2. The molecule has 1 amide bonds. The van der Waals surface area contributed by atoms with Gasteiger partial charge in [0.25, 0.3) is 0 Å². The highest BCUT2D eigenvalue weighted by atomic mass is 32.2. The van der Waals surface area contributed by atoms with Crippen LogP contribution in [0.2, 0.25) is 0 Å². The van der Waals surface area contributed by atoms with Crippen molar-refractivity contribution in [3.8, 4) is 0 Å². The molecule has 2 aromatic rings. The van der Waals surface area contributed by atoms with Gasteiger partial charge in [0.1, 0.15) is 12.4 Å². The van der Waals surface area contributed by atoms with E-state index in [1.807, 2.05) is 25.1 Å². The Bertz CT molecular complexity index is 851. The van der Waals surface area contributed by atoms with Crippen LogP contribution in [0.1, 0.15) is 17.5 Å². The molecule has 0 fully saturated rings. The fourth-order valence-corrected chi connectivity index (χ4v) is 3.44. The molecule has 2 rings (SSSR count). The second kappa shape index (κ2) is 8.80. The Kier molecular flexibility index (Phi) is 6.74. The number of aryl methyl sites for hydroxylation is 2. The third-order valence-corrected chi connectivity index (χ3v) is 4.99. The lowest BCUT2D eigenvalue weighted by atomic mass is 10.1. The molecule has 0 bridgehead atoms. The van der Waals surface area contributed by atoms with Crippen LogP contribution in [0.5, 0.6) is 0 Å². The van der Waals surface area contributed by atoms with E-state index in [1.165, 1.54) is 23.3 Å². The lowest BCUT2D eigenvalue weighted by Crippen LogP contribution is -2.40. The highest BCUT2D eigenvalue weighted by molar-refractivity contribution is 7.92. The summed E-state index contributed by atoms with van der Waals surface area (Å²) in [4.78, 5) is 12.1.